The molecule has 12 aromatic carbocycles. The zero-order valence-electron chi connectivity index (χ0n) is 54.5. The van der Waals surface area contributed by atoms with E-state index in [2.05, 4.69) is 0 Å². The summed E-state index contributed by atoms with van der Waals surface area (Å²) in [6.07, 6.45) is 0. The Labute approximate surface area is 607 Å². The number of hydrogen-bond donors (Lipinski definition) is 0. The Bertz CT molecular complexity index is 4300. The molecule has 552 valence electrons. The molecule has 2 aliphatic heterocycles. The van der Waals surface area contributed by atoms with Gasteiger partial charge in [-0.3, -0.25) is 0 Å². The van der Waals surface area contributed by atoms with Crippen LogP contribution in [-0.4, -0.2) is 0 Å². The molecule has 36 heteroatoms. The number of rotatable bonds is 24. The van der Waals surface area contributed by atoms with E-state index in [1.807, 2.05) is 0 Å². The minimum Gasteiger partial charge on any atom is -0.413 e. The van der Waals surface area contributed by atoms with Crippen molar-refractivity contribution in [2.24, 2.45) is 27.1 Å². The fourth-order valence-electron chi connectivity index (χ4n) is 9.11. The van der Waals surface area contributed by atoms with E-state index in [0.717, 1.165) is 146 Å². The average molecular weight is 1600 g/mol. The van der Waals surface area contributed by atoms with Crippen molar-refractivity contribution < 1.29 is 107 Å². The highest BCUT2D eigenvalue weighted by molar-refractivity contribution is 7.79. The van der Waals surface area contributed by atoms with E-state index >= 15 is 0 Å². The predicted octanol–water partition coefficient (Wildman–Crippen LogP) is 26.3. The van der Waals surface area contributed by atoms with Crippen LogP contribution in [0.4, 0.5) is 52.7 Å². The van der Waals surface area contributed by atoms with E-state index in [0.29, 0.717) is 0 Å². The molecule has 0 saturated carbocycles. The molecule has 0 radical (unpaired) electrons. The molecular weight excluding hydrogens is 1550 g/mol. The Morgan fingerprint density at radius 3 is 0.250 bits per heavy atom. The van der Waals surface area contributed by atoms with Crippen molar-refractivity contribution in [2.75, 3.05) is 0 Å². The van der Waals surface area contributed by atoms with Crippen LogP contribution >= 0.6 is 46.0 Å². The molecule has 0 aliphatic carbocycles. The maximum Gasteiger partial charge on any atom is 0.460 e. The number of nitrogens with zero attached hydrogens (tertiary/aromatic N) is 6. The molecule has 14 rings (SSSR count). The van der Waals surface area contributed by atoms with Crippen LogP contribution in [0.25, 0.3) is 0 Å². The van der Waals surface area contributed by atoms with Gasteiger partial charge in [-0.1, -0.05) is 27.1 Å². The van der Waals surface area contributed by atoms with E-state index < -0.39 is 116 Å². The van der Waals surface area contributed by atoms with E-state index in [4.69, 9.17) is 81.4 Å². The summed E-state index contributed by atoms with van der Waals surface area (Å²) in [6.45, 7) is 0. The van der Waals surface area contributed by atoms with Crippen molar-refractivity contribution in [3.05, 3.63) is 361 Å². The third-order valence-corrected chi connectivity index (χ3v) is 30.0. The molecule has 2 heterocycles. The van der Waals surface area contributed by atoms with Gasteiger partial charge in [0, 0.05) is 0 Å². The third kappa shape index (κ3) is 19.9. The molecule has 2 aliphatic rings. The van der Waals surface area contributed by atoms with Crippen LogP contribution in [0.3, 0.4) is 0 Å². The summed E-state index contributed by atoms with van der Waals surface area (Å²) in [7, 11) is -26.9. The Hall–Kier alpha value is -11.2. The van der Waals surface area contributed by atoms with Gasteiger partial charge in [-0.05, 0) is 291 Å². The lowest BCUT2D eigenvalue weighted by molar-refractivity contribution is 0.438. The van der Waals surface area contributed by atoms with Gasteiger partial charge in [-0.2, -0.15) is 0 Å². The van der Waals surface area contributed by atoms with Gasteiger partial charge in [0.15, 0.2) is 0 Å². The molecule has 108 heavy (non-hydrogen) atoms. The molecule has 0 bridgehead atoms. The lowest BCUT2D eigenvalue weighted by Gasteiger charge is -2.33. The smallest absolute Gasteiger partial charge is 0.413 e. The summed E-state index contributed by atoms with van der Waals surface area (Å²) in [6, 6.07) is 56.4. The third-order valence-electron chi connectivity index (χ3n) is 13.8. The number of hydrogen-bond acceptors (Lipinski definition) is 18. The Morgan fingerprint density at radius 1 is 0.120 bits per heavy atom. The van der Waals surface area contributed by atoms with Gasteiger partial charge in [-0.15, -0.1) is 0 Å². The predicted molar refractivity (Wildman–Crippen MR) is 380 cm³/mol. The van der Waals surface area contributed by atoms with E-state index in [9.17, 15) is 52.7 Å². The molecule has 0 unspecified atom stereocenters. The lowest BCUT2D eigenvalue weighted by atomic mass is 10.3. The maximum atomic E-state index is 14.1. The molecule has 0 amide bonds. The zero-order valence-corrected chi connectivity index (χ0v) is 59.9. The summed E-state index contributed by atoms with van der Waals surface area (Å²) in [5, 5.41) is 0. The standard InChI is InChI=1S/2C36H24F6N3O6P3/c2*37-25-1-13-31(14-2-25)46-52(47-32-15-3-26(38)4-16-32)43-53(48-33-17-5-27(39)6-18-33,49-34-19-7-28(40)8-20-34)45-54(44-52,50-35-21-9-29(41)10-22-35)51-36-23-11-30(42)12-24-36/h2*1-24H. The van der Waals surface area contributed by atoms with Crippen LogP contribution in [0.2, 0.25) is 0 Å². The minimum absolute atomic E-state index is 0.0374. The summed E-state index contributed by atoms with van der Waals surface area (Å²) in [4.78, 5) is 0. The molecule has 12 aromatic rings. The fraction of sp³-hybridized carbons (Fsp3) is 0. The molecular formula is C72H48F12N6O12P6. The van der Waals surface area contributed by atoms with Gasteiger partial charge >= 0.3 is 46.0 Å². The molecule has 0 atom stereocenters. The molecule has 0 saturated heterocycles. The molecule has 0 aromatic heterocycles. The highest BCUT2D eigenvalue weighted by atomic mass is 31.3. The number of halogens is 12. The van der Waals surface area contributed by atoms with Gasteiger partial charge in [0.2, 0.25) is 0 Å². The molecule has 0 N–H and O–H groups in total. The Morgan fingerprint density at radius 2 is 0.185 bits per heavy atom. The first kappa shape index (κ1) is 75.0. The molecule has 18 nitrogen and oxygen atoms in total. The zero-order chi connectivity index (χ0) is 75.5. The first-order valence-corrected chi connectivity index (χ1v) is 40.3. The second-order valence-corrected chi connectivity index (χ2v) is 34.4. The van der Waals surface area contributed by atoms with Crippen molar-refractivity contribution in [3.63, 3.8) is 0 Å². The van der Waals surface area contributed by atoms with Crippen LogP contribution in [0.15, 0.2) is 318 Å². The normalized spacial score (nSPS) is 15.0. The Balaban J connectivity index is 0.000000190. The lowest BCUT2D eigenvalue weighted by Crippen LogP contribution is -2.11. The first-order chi connectivity index (χ1) is 51.9. The summed E-state index contributed by atoms with van der Waals surface area (Å²) < 4.78 is 275. The van der Waals surface area contributed by atoms with Crippen LogP contribution in [0.5, 0.6) is 69.0 Å². The topological polar surface area (TPSA) is 185 Å². The largest absolute Gasteiger partial charge is 0.460 e. The van der Waals surface area contributed by atoms with Crippen molar-refractivity contribution in [1.29, 1.82) is 0 Å². The van der Waals surface area contributed by atoms with Gasteiger partial charge in [0.05, 0.1) is 0 Å². The average Bonchev–Trinajstić information content (AvgIpc) is 0.735. The minimum atomic E-state index is -4.48. The SMILES string of the molecule is Fc1ccc(OP2(Oc3ccc(F)cc3)=NP(Oc3ccc(F)cc3)(Oc3ccc(F)cc3)=NP(Oc3ccc(F)cc3)(Oc3ccc(F)cc3)=N2)cc1.Fc1ccc(OP2(Oc3ccc(F)cc3)=NP(Oc3ccc(F)cc3)(Oc3ccc(F)cc3)=NP(Oc3ccc(F)cc3)(Oc3ccc(F)cc3)=N2)cc1. The van der Waals surface area contributed by atoms with Crippen LogP contribution in [0, 0.1) is 69.8 Å². The van der Waals surface area contributed by atoms with Gasteiger partial charge in [0.1, 0.15) is 139 Å². The maximum absolute atomic E-state index is 14.1. The Kier molecular flexibility index (Phi) is 22.6. The monoisotopic (exact) mass is 1600 g/mol. The van der Waals surface area contributed by atoms with Crippen LogP contribution < -0.4 is 54.3 Å². The summed E-state index contributed by atoms with van der Waals surface area (Å²) in [5.74, 6) is -7.74. The van der Waals surface area contributed by atoms with Crippen molar-refractivity contribution in [1.82, 2.24) is 0 Å². The van der Waals surface area contributed by atoms with Crippen molar-refractivity contribution in [3.8, 4) is 69.0 Å². The van der Waals surface area contributed by atoms with E-state index in [1.165, 1.54) is 146 Å². The quantitative estimate of drug-likeness (QED) is 0.0412. The fourth-order valence-corrected chi connectivity index (χ4v) is 27.2. The van der Waals surface area contributed by atoms with Crippen molar-refractivity contribution >= 4 is 46.0 Å². The number of benzene rings is 12. The van der Waals surface area contributed by atoms with Crippen LogP contribution in [0.1, 0.15) is 0 Å². The van der Waals surface area contributed by atoms with E-state index in [1.54, 1.807) is 0 Å². The molecule has 0 spiro atoms. The van der Waals surface area contributed by atoms with E-state index in [-0.39, 0.29) is 69.0 Å². The summed E-state index contributed by atoms with van der Waals surface area (Å²) >= 11 is 0. The molecule has 0 fully saturated rings. The van der Waals surface area contributed by atoms with Crippen molar-refractivity contribution in [2.45, 2.75) is 0 Å². The van der Waals surface area contributed by atoms with Gasteiger partial charge in [0.25, 0.3) is 0 Å². The summed E-state index contributed by atoms with van der Waals surface area (Å²) in [5.41, 5.74) is 0. The van der Waals surface area contributed by atoms with Gasteiger partial charge < -0.3 is 54.3 Å². The second-order valence-electron chi connectivity index (χ2n) is 22.0. The highest BCUT2D eigenvalue weighted by Crippen LogP contribution is 2.80. The first-order valence-electron chi connectivity index (χ1n) is 31.2. The van der Waals surface area contributed by atoms with Gasteiger partial charge in [-0.25, -0.2) is 52.7 Å². The highest BCUT2D eigenvalue weighted by Gasteiger charge is 2.51. The second kappa shape index (κ2) is 32.5. The van der Waals surface area contributed by atoms with Crippen LogP contribution in [-0.2, 0) is 0 Å².